The molecule has 0 radical (unpaired) electrons. The lowest BCUT2D eigenvalue weighted by Gasteiger charge is -2.18. The van der Waals surface area contributed by atoms with Crippen molar-refractivity contribution in [3.05, 3.63) is 36.2 Å². The third kappa shape index (κ3) is 5.00. The summed E-state index contributed by atoms with van der Waals surface area (Å²) in [6.45, 7) is 1.75. The smallest absolute Gasteiger partial charge is 0.405 e. The van der Waals surface area contributed by atoms with E-state index in [4.69, 9.17) is 8.99 Å². The molecule has 3 N–H and O–H groups in total. The Morgan fingerprint density at radius 2 is 2.04 bits per heavy atom. The lowest BCUT2D eigenvalue weighted by atomic mass is 9.97. The van der Waals surface area contributed by atoms with E-state index in [-0.39, 0.29) is 28.0 Å². The quantitative estimate of drug-likeness (QED) is 0.799. The number of aromatic amines is 1. The maximum atomic E-state index is 12.7. The minimum atomic E-state index is -4.91. The number of hydrogen-bond acceptors (Lipinski definition) is 5. The van der Waals surface area contributed by atoms with Gasteiger partial charge in [-0.25, -0.2) is 13.6 Å². The summed E-state index contributed by atoms with van der Waals surface area (Å²) in [5.41, 5.74) is 0.349. The van der Waals surface area contributed by atoms with Gasteiger partial charge in [0.25, 0.3) is 0 Å². The summed E-state index contributed by atoms with van der Waals surface area (Å²) in [5.74, 6) is -0.476. The van der Waals surface area contributed by atoms with Crippen molar-refractivity contribution < 1.29 is 30.2 Å². The molecule has 6 nitrogen and oxygen atoms in total. The average molecular weight is 396 g/mol. The first kappa shape index (κ1) is 19.3. The second-order valence-corrected chi connectivity index (χ2v) is 7.09. The number of benzene rings is 1. The zero-order valence-corrected chi connectivity index (χ0v) is 14.6. The highest BCUT2D eigenvalue weighted by atomic mass is 32.2. The molecule has 0 unspecified atom stereocenters. The molecule has 0 aliphatic heterocycles. The highest BCUT2D eigenvalue weighted by Gasteiger charge is 2.33. The van der Waals surface area contributed by atoms with Gasteiger partial charge >= 0.3 is 6.36 Å². The van der Waals surface area contributed by atoms with Crippen molar-refractivity contribution in [3.8, 4) is 16.9 Å². The van der Waals surface area contributed by atoms with Crippen LogP contribution < -0.4 is 9.88 Å². The van der Waals surface area contributed by atoms with Gasteiger partial charge in [0, 0.05) is 22.9 Å². The van der Waals surface area contributed by atoms with Crippen molar-refractivity contribution in [2.75, 3.05) is 0 Å². The SMILES string of the molecule is CCCc1c(OC(F)(F)F)ccc(S(N)(=O)=O)c1-c1cc[nH]soc1. The second-order valence-electron chi connectivity index (χ2n) is 4.96. The van der Waals surface area contributed by atoms with Gasteiger partial charge in [-0.3, -0.25) is 4.37 Å². The van der Waals surface area contributed by atoms with Gasteiger partial charge in [-0.15, -0.1) is 13.2 Å². The number of nitrogens with two attached hydrogens (primary N) is 1. The molecule has 0 fully saturated rings. The van der Waals surface area contributed by atoms with Gasteiger partial charge in [0.2, 0.25) is 10.0 Å². The topological polar surface area (TPSA) is 98.3 Å². The van der Waals surface area contributed by atoms with Crippen molar-refractivity contribution in [2.45, 2.75) is 31.0 Å². The number of sulfonamides is 1. The number of hydrogen-bond donors (Lipinski definition) is 2. The van der Waals surface area contributed by atoms with E-state index in [0.29, 0.717) is 6.42 Å². The number of halogens is 3. The Hall–Kier alpha value is -1.98. The first-order valence-corrected chi connectivity index (χ1v) is 9.31. The van der Waals surface area contributed by atoms with Gasteiger partial charge in [0.05, 0.1) is 4.90 Å². The summed E-state index contributed by atoms with van der Waals surface area (Å²) in [5, 5.41) is 5.24. The maximum absolute atomic E-state index is 12.7. The van der Waals surface area contributed by atoms with Crippen LogP contribution >= 0.6 is 11.8 Å². The Bertz CT molecular complexity index is 861. The first-order chi connectivity index (χ1) is 11.6. The third-order valence-electron chi connectivity index (χ3n) is 3.15. The normalized spacial score (nSPS) is 12.0. The van der Waals surface area contributed by atoms with Crippen LogP contribution in [0.25, 0.3) is 11.1 Å². The van der Waals surface area contributed by atoms with Crippen molar-refractivity contribution in [1.29, 1.82) is 0 Å². The largest absolute Gasteiger partial charge is 0.573 e. The zero-order valence-electron chi connectivity index (χ0n) is 13.0. The summed E-state index contributed by atoms with van der Waals surface area (Å²) < 4.78 is 73.8. The molecule has 138 valence electrons. The van der Waals surface area contributed by atoms with Crippen LogP contribution in [0.3, 0.4) is 0 Å². The number of aromatic nitrogens is 1. The van der Waals surface area contributed by atoms with Crippen LogP contribution in [0.1, 0.15) is 18.9 Å². The van der Waals surface area contributed by atoms with Crippen LogP contribution in [0.15, 0.2) is 39.4 Å². The molecule has 11 heteroatoms. The molecule has 2 rings (SSSR count). The van der Waals surface area contributed by atoms with Crippen LogP contribution in [0.5, 0.6) is 5.75 Å². The zero-order chi connectivity index (χ0) is 18.7. The van der Waals surface area contributed by atoms with Crippen molar-refractivity contribution in [2.24, 2.45) is 5.14 Å². The van der Waals surface area contributed by atoms with Gasteiger partial charge < -0.3 is 8.59 Å². The van der Waals surface area contributed by atoms with E-state index in [2.05, 4.69) is 9.11 Å². The lowest BCUT2D eigenvalue weighted by Crippen LogP contribution is -2.20. The fourth-order valence-electron chi connectivity index (χ4n) is 2.32. The molecular weight excluding hydrogens is 381 g/mol. The van der Waals surface area contributed by atoms with E-state index in [0.717, 1.165) is 24.0 Å². The Labute approximate surface area is 146 Å². The van der Waals surface area contributed by atoms with Crippen molar-refractivity contribution >= 4 is 21.9 Å². The predicted molar refractivity (Wildman–Crippen MR) is 86.1 cm³/mol. The fourth-order valence-corrected chi connectivity index (χ4v) is 3.43. The van der Waals surface area contributed by atoms with E-state index in [1.807, 2.05) is 0 Å². The number of alkyl halides is 3. The molecule has 2 aromatic rings. The fraction of sp³-hybridized carbons (Fsp3) is 0.286. The highest BCUT2D eigenvalue weighted by Crippen LogP contribution is 2.38. The molecule has 25 heavy (non-hydrogen) atoms. The minimum Gasteiger partial charge on any atom is -0.405 e. The Morgan fingerprint density at radius 1 is 1.32 bits per heavy atom. The van der Waals surface area contributed by atoms with Crippen LogP contribution in [0, 0.1) is 0 Å². The molecule has 0 amide bonds. The van der Waals surface area contributed by atoms with E-state index in [1.54, 1.807) is 6.92 Å². The number of rotatable bonds is 5. The van der Waals surface area contributed by atoms with E-state index in [1.165, 1.54) is 18.5 Å². The highest BCUT2D eigenvalue weighted by molar-refractivity contribution is 7.89. The summed E-state index contributed by atoms with van der Waals surface area (Å²) in [7, 11) is -4.19. The molecule has 0 saturated carbocycles. The molecule has 0 saturated heterocycles. The number of H-pyrrole nitrogens is 1. The van der Waals surface area contributed by atoms with Crippen LogP contribution in [-0.4, -0.2) is 19.2 Å². The molecule has 1 aromatic heterocycles. The van der Waals surface area contributed by atoms with Crippen molar-refractivity contribution in [1.82, 2.24) is 4.37 Å². The van der Waals surface area contributed by atoms with Crippen molar-refractivity contribution in [3.63, 3.8) is 0 Å². The van der Waals surface area contributed by atoms with Gasteiger partial charge in [-0.05, 0) is 24.6 Å². The standard InChI is InChI=1S/C14H15F3N2O4S2/c1-2-3-10-11(23-14(15,16)17)4-5-12(25(18,20)21)13(10)9-6-7-19-24-22-8-9/h4-8,19H,2-3H2,1H3,(H2,18,20,21). The van der Waals surface area contributed by atoms with Gasteiger partial charge in [-0.1, -0.05) is 13.3 Å². The summed E-state index contributed by atoms with van der Waals surface area (Å²) >= 11 is 0.856. The Balaban J connectivity index is 2.85. The van der Waals surface area contributed by atoms with Crippen LogP contribution in [-0.2, 0) is 16.4 Å². The van der Waals surface area contributed by atoms with Crippen LogP contribution in [0.4, 0.5) is 13.2 Å². The molecule has 0 spiro atoms. The monoisotopic (exact) mass is 396 g/mol. The molecule has 0 aliphatic rings. The molecule has 0 aliphatic carbocycles. The van der Waals surface area contributed by atoms with E-state index in [9.17, 15) is 21.6 Å². The maximum Gasteiger partial charge on any atom is 0.573 e. The molecule has 1 heterocycles. The molecule has 0 atom stereocenters. The Morgan fingerprint density at radius 3 is 2.64 bits per heavy atom. The number of primary sulfonamides is 1. The van der Waals surface area contributed by atoms with Gasteiger partial charge in [-0.2, -0.15) is 0 Å². The third-order valence-corrected chi connectivity index (χ3v) is 4.53. The van der Waals surface area contributed by atoms with E-state index < -0.39 is 22.1 Å². The average Bonchev–Trinajstić information content (AvgIpc) is 2.75. The first-order valence-electron chi connectivity index (χ1n) is 7.03. The molecule has 0 bridgehead atoms. The Kier molecular flexibility index (Phi) is 5.80. The minimum absolute atomic E-state index is 0.0200. The summed E-state index contributed by atoms with van der Waals surface area (Å²) in [6, 6.07) is 3.42. The van der Waals surface area contributed by atoms with Gasteiger partial charge in [0.1, 0.15) is 23.8 Å². The number of nitrogens with one attached hydrogen (secondary N) is 1. The van der Waals surface area contributed by atoms with Crippen LogP contribution in [0.2, 0.25) is 0 Å². The summed E-state index contributed by atoms with van der Waals surface area (Å²) in [6.07, 6.45) is -1.62. The molecule has 1 aromatic carbocycles. The second kappa shape index (κ2) is 7.50. The summed E-state index contributed by atoms with van der Waals surface area (Å²) in [4.78, 5) is -0.308. The lowest BCUT2D eigenvalue weighted by molar-refractivity contribution is -0.274. The molecular formula is C14H15F3N2O4S2. The van der Waals surface area contributed by atoms with E-state index >= 15 is 0 Å². The number of ether oxygens (including phenoxy) is 1. The van der Waals surface area contributed by atoms with Gasteiger partial charge in [0.15, 0.2) is 0 Å². The predicted octanol–water partition coefficient (Wildman–Crippen LogP) is 3.96.